The Morgan fingerprint density at radius 1 is 1.24 bits per heavy atom. The van der Waals surface area contributed by atoms with E-state index in [1.54, 1.807) is 11.5 Å². The molecule has 0 atom stereocenters. The predicted molar refractivity (Wildman–Crippen MR) is 76.9 cm³/mol. The highest BCUT2D eigenvalue weighted by Gasteiger charge is 2.39. The summed E-state index contributed by atoms with van der Waals surface area (Å²) in [6, 6.07) is 0. The summed E-state index contributed by atoms with van der Waals surface area (Å²) in [4.78, 5) is 0. The molecule has 0 bridgehead atoms. The van der Waals surface area contributed by atoms with Gasteiger partial charge in [-0.2, -0.15) is 0 Å². The second-order valence-corrected chi connectivity index (χ2v) is 6.15. The number of hydrogen-bond acceptors (Lipinski definition) is 4. The van der Waals surface area contributed by atoms with Gasteiger partial charge in [0.2, 0.25) is 0 Å². The molecule has 0 fully saturated rings. The van der Waals surface area contributed by atoms with E-state index in [0.717, 1.165) is 0 Å². The number of anilines is 1. The summed E-state index contributed by atoms with van der Waals surface area (Å²) in [5.74, 6) is -0.607. The van der Waals surface area contributed by atoms with Crippen LogP contribution in [0.15, 0.2) is 4.47 Å². The minimum atomic E-state index is -0.997. The van der Waals surface area contributed by atoms with Gasteiger partial charge in [-0.3, -0.25) is 4.57 Å². The Labute approximate surface area is 128 Å². The van der Waals surface area contributed by atoms with E-state index in [-0.39, 0.29) is 15.9 Å². The van der Waals surface area contributed by atoms with E-state index in [2.05, 4.69) is 31.4 Å². The molecule has 1 aromatic carbocycles. The number of nitrogens with zero attached hydrogens (tertiary/aromatic N) is 3. The zero-order chi connectivity index (χ0) is 15.5. The molecule has 0 radical (unpaired) electrons. The van der Waals surface area contributed by atoms with E-state index in [4.69, 9.17) is 4.74 Å². The Morgan fingerprint density at radius 2 is 1.90 bits per heavy atom. The average molecular weight is 359 g/mol. The molecule has 0 saturated heterocycles. The normalized spacial score (nSPS) is 15.2. The van der Waals surface area contributed by atoms with Crippen molar-refractivity contribution in [2.45, 2.75) is 26.3 Å². The third-order valence-corrected chi connectivity index (χ3v) is 4.21. The van der Waals surface area contributed by atoms with E-state index in [9.17, 15) is 8.78 Å². The summed E-state index contributed by atoms with van der Waals surface area (Å²) in [5, 5.41) is 11.1. The summed E-state index contributed by atoms with van der Waals surface area (Å²) in [6.45, 7) is 5.39. The molecule has 0 spiro atoms. The topological polar surface area (TPSA) is 52.0 Å². The first-order valence-electron chi connectivity index (χ1n) is 6.25. The molecule has 1 aliphatic rings. The molecule has 0 amide bonds. The fraction of sp³-hybridized carbons (Fsp3) is 0.385. The Bertz CT molecular complexity index is 757. The second-order valence-electron chi connectivity index (χ2n) is 5.36. The SMILES string of the molecule is COc1c(Br)c(F)c(F)c2c1-n1c(C)nnc1C(C)(C)N2. The Kier molecular flexibility index (Phi) is 2.98. The lowest BCUT2D eigenvalue weighted by Gasteiger charge is -2.34. The number of aryl methyl sites for hydroxylation is 1. The predicted octanol–water partition coefficient (Wildman–Crippen LogP) is 3.29. The van der Waals surface area contributed by atoms with Crippen molar-refractivity contribution in [3.63, 3.8) is 0 Å². The highest BCUT2D eigenvalue weighted by Crippen LogP contribution is 2.47. The zero-order valence-electron chi connectivity index (χ0n) is 11.9. The maximum atomic E-state index is 14.4. The van der Waals surface area contributed by atoms with Crippen molar-refractivity contribution in [3.8, 4) is 11.4 Å². The largest absolute Gasteiger partial charge is 0.493 e. The van der Waals surface area contributed by atoms with Gasteiger partial charge in [-0.1, -0.05) is 0 Å². The van der Waals surface area contributed by atoms with Crippen LogP contribution in [0.5, 0.6) is 5.75 Å². The van der Waals surface area contributed by atoms with E-state index >= 15 is 0 Å². The van der Waals surface area contributed by atoms with Crippen LogP contribution in [0.3, 0.4) is 0 Å². The van der Waals surface area contributed by atoms with Crippen LogP contribution < -0.4 is 10.1 Å². The molecule has 3 rings (SSSR count). The van der Waals surface area contributed by atoms with Crippen LogP contribution in [0.4, 0.5) is 14.5 Å². The Hall–Kier alpha value is -1.70. The van der Waals surface area contributed by atoms with Gasteiger partial charge in [0.05, 0.1) is 12.6 Å². The molecule has 112 valence electrons. The highest BCUT2D eigenvalue weighted by atomic mass is 79.9. The molecule has 2 aromatic rings. The Balaban J connectivity index is 2.48. The molecule has 1 aromatic heterocycles. The molecule has 2 heterocycles. The monoisotopic (exact) mass is 358 g/mol. The van der Waals surface area contributed by atoms with Crippen molar-refractivity contribution in [1.82, 2.24) is 14.8 Å². The molecule has 21 heavy (non-hydrogen) atoms. The number of hydrogen-bond donors (Lipinski definition) is 1. The van der Waals surface area contributed by atoms with Gasteiger partial charge in [0.1, 0.15) is 21.7 Å². The van der Waals surface area contributed by atoms with Crippen LogP contribution in [-0.4, -0.2) is 21.9 Å². The van der Waals surface area contributed by atoms with Gasteiger partial charge in [-0.15, -0.1) is 10.2 Å². The first-order valence-corrected chi connectivity index (χ1v) is 7.04. The number of methoxy groups -OCH3 is 1. The van der Waals surface area contributed by atoms with Gasteiger partial charge in [0.15, 0.2) is 23.2 Å². The van der Waals surface area contributed by atoms with Crippen LogP contribution in [0, 0.1) is 18.6 Å². The fourth-order valence-electron chi connectivity index (χ4n) is 2.54. The van der Waals surface area contributed by atoms with Crippen molar-refractivity contribution in [3.05, 3.63) is 27.8 Å². The van der Waals surface area contributed by atoms with Crippen LogP contribution in [0.2, 0.25) is 0 Å². The second kappa shape index (κ2) is 4.40. The quantitative estimate of drug-likeness (QED) is 0.794. The lowest BCUT2D eigenvalue weighted by molar-refractivity contribution is 0.395. The first-order chi connectivity index (χ1) is 9.79. The van der Waals surface area contributed by atoms with Crippen molar-refractivity contribution < 1.29 is 13.5 Å². The number of nitrogens with one attached hydrogen (secondary N) is 1. The number of halogens is 3. The maximum absolute atomic E-state index is 14.4. The first kappa shape index (κ1) is 14.2. The van der Waals surface area contributed by atoms with Gasteiger partial charge in [-0.05, 0) is 36.7 Å². The minimum absolute atomic E-state index is 0.0351. The van der Waals surface area contributed by atoms with Gasteiger partial charge in [0, 0.05) is 0 Å². The number of rotatable bonds is 1. The van der Waals surface area contributed by atoms with Crippen LogP contribution in [-0.2, 0) is 5.54 Å². The van der Waals surface area contributed by atoms with E-state index < -0.39 is 17.2 Å². The number of aromatic nitrogens is 3. The van der Waals surface area contributed by atoms with Crippen LogP contribution in [0.1, 0.15) is 25.5 Å². The molecule has 8 heteroatoms. The highest BCUT2D eigenvalue weighted by molar-refractivity contribution is 9.10. The number of benzene rings is 1. The standard InChI is InChI=1S/C13H13BrF2N4O/c1-5-18-19-12-13(2,3)17-9-8(16)7(15)6(14)11(21-4)10(9)20(5)12/h17H,1-4H3. The maximum Gasteiger partial charge on any atom is 0.185 e. The van der Waals surface area contributed by atoms with Gasteiger partial charge < -0.3 is 10.1 Å². The number of ether oxygens (including phenoxy) is 1. The summed E-state index contributed by atoms with van der Waals surface area (Å²) in [5.41, 5.74) is -0.298. The molecular weight excluding hydrogens is 346 g/mol. The molecule has 1 N–H and O–H groups in total. The van der Waals surface area contributed by atoms with Crippen molar-refractivity contribution in [2.24, 2.45) is 0 Å². The minimum Gasteiger partial charge on any atom is -0.493 e. The van der Waals surface area contributed by atoms with Crippen molar-refractivity contribution in [1.29, 1.82) is 0 Å². The summed E-state index contributed by atoms with van der Waals surface area (Å²) in [6.07, 6.45) is 0. The lowest BCUT2D eigenvalue weighted by atomic mass is 9.99. The summed E-state index contributed by atoms with van der Waals surface area (Å²) in [7, 11) is 1.40. The smallest absolute Gasteiger partial charge is 0.185 e. The zero-order valence-corrected chi connectivity index (χ0v) is 13.5. The average Bonchev–Trinajstić information content (AvgIpc) is 2.81. The molecular formula is C13H13BrF2N4O. The molecule has 0 saturated carbocycles. The third-order valence-electron chi connectivity index (χ3n) is 3.51. The fourth-order valence-corrected chi connectivity index (χ4v) is 3.07. The van der Waals surface area contributed by atoms with E-state index in [1.807, 2.05) is 13.8 Å². The van der Waals surface area contributed by atoms with Crippen molar-refractivity contribution in [2.75, 3.05) is 12.4 Å². The van der Waals surface area contributed by atoms with Crippen LogP contribution >= 0.6 is 15.9 Å². The Morgan fingerprint density at radius 3 is 2.52 bits per heavy atom. The van der Waals surface area contributed by atoms with Gasteiger partial charge >= 0.3 is 0 Å². The van der Waals surface area contributed by atoms with Gasteiger partial charge in [-0.25, -0.2) is 8.78 Å². The van der Waals surface area contributed by atoms with Crippen molar-refractivity contribution >= 4 is 21.6 Å². The summed E-state index contributed by atoms with van der Waals surface area (Å²) >= 11 is 3.04. The molecule has 1 aliphatic heterocycles. The lowest BCUT2D eigenvalue weighted by Crippen LogP contribution is -2.37. The molecule has 5 nitrogen and oxygen atoms in total. The van der Waals surface area contributed by atoms with Crippen LogP contribution in [0.25, 0.3) is 5.69 Å². The number of fused-ring (bicyclic) bond motifs is 3. The van der Waals surface area contributed by atoms with E-state index in [0.29, 0.717) is 17.3 Å². The summed E-state index contributed by atoms with van der Waals surface area (Å²) < 4.78 is 35.3. The third kappa shape index (κ3) is 1.78. The molecule has 0 unspecified atom stereocenters. The van der Waals surface area contributed by atoms with Gasteiger partial charge in [0.25, 0.3) is 0 Å². The molecule has 0 aliphatic carbocycles. The van der Waals surface area contributed by atoms with E-state index in [1.165, 1.54) is 7.11 Å².